The second-order valence-electron chi connectivity index (χ2n) is 3.49. The van der Waals surface area contributed by atoms with Crippen LogP contribution in [-0.4, -0.2) is 10.1 Å². The molecule has 5 radical (unpaired) electrons. The maximum atomic E-state index is 5.28. The predicted octanol–water partition coefficient (Wildman–Crippen LogP) is 2.49. The summed E-state index contributed by atoms with van der Waals surface area (Å²) >= 11 is 0. The number of hydrogen-bond acceptors (Lipinski definition) is 3. The van der Waals surface area contributed by atoms with Gasteiger partial charge in [-0.3, -0.25) is 4.98 Å². The molecular formula is C13H9N2O. The molecule has 0 amide bonds. The molecule has 0 saturated heterocycles. The first-order chi connectivity index (χ1) is 7.93. The average molecular weight is 209 g/mol. The lowest BCUT2D eigenvalue weighted by atomic mass is 10.0. The van der Waals surface area contributed by atoms with Gasteiger partial charge in [0.15, 0.2) is 5.76 Å². The third kappa shape index (κ3) is 1.73. The van der Waals surface area contributed by atoms with Crippen molar-refractivity contribution in [3.8, 4) is 11.3 Å². The van der Waals surface area contributed by atoms with Gasteiger partial charge in [0.1, 0.15) is 0 Å². The minimum atomic E-state index is 0.740. The summed E-state index contributed by atoms with van der Waals surface area (Å²) in [6.45, 7) is 0. The van der Waals surface area contributed by atoms with Crippen LogP contribution in [-0.2, 0) is 0 Å². The molecule has 2 aromatic rings. The minimum absolute atomic E-state index is 0.740. The van der Waals surface area contributed by atoms with Crippen molar-refractivity contribution in [2.75, 3.05) is 0 Å². The zero-order chi connectivity index (χ0) is 10.8. The monoisotopic (exact) mass is 209 g/mol. The summed E-state index contributed by atoms with van der Waals surface area (Å²) in [4.78, 5) is 4.05. The van der Waals surface area contributed by atoms with Crippen LogP contribution in [0.2, 0.25) is 0 Å². The molecule has 0 N–H and O–H groups in total. The highest BCUT2D eigenvalue weighted by molar-refractivity contribution is 5.58. The fourth-order valence-corrected chi connectivity index (χ4v) is 1.60. The smallest absolute Gasteiger partial charge is 0.168 e. The molecule has 0 aliphatic heterocycles. The van der Waals surface area contributed by atoms with Gasteiger partial charge >= 0.3 is 0 Å². The summed E-state index contributed by atoms with van der Waals surface area (Å²) in [6.07, 6.45) is 11.5. The standard InChI is InChI=1S/C13H9N2O/c1-2-5-10(4-1)12-8-13(16-15-12)11-6-3-7-14-9-11/h1-9H. The lowest BCUT2D eigenvalue weighted by Crippen LogP contribution is -1.93. The highest BCUT2D eigenvalue weighted by Crippen LogP contribution is 2.31. The van der Waals surface area contributed by atoms with E-state index in [0.29, 0.717) is 0 Å². The zero-order valence-electron chi connectivity index (χ0n) is 8.50. The fraction of sp³-hybridized carbons (Fsp3) is 0. The summed E-state index contributed by atoms with van der Waals surface area (Å²) in [5.41, 5.74) is 1.79. The quantitative estimate of drug-likeness (QED) is 0.762. The van der Waals surface area contributed by atoms with Crippen LogP contribution in [0.15, 0.2) is 35.1 Å². The largest absolute Gasteiger partial charge is 0.356 e. The number of nitrogens with zero attached hydrogens (tertiary/aromatic N) is 2. The molecule has 3 heteroatoms. The van der Waals surface area contributed by atoms with Gasteiger partial charge in [-0.1, -0.05) is 5.16 Å². The van der Waals surface area contributed by atoms with Crippen LogP contribution in [0.3, 0.4) is 0 Å². The second kappa shape index (κ2) is 4.08. The molecule has 3 rings (SSSR count). The first kappa shape index (κ1) is 9.58. The van der Waals surface area contributed by atoms with Gasteiger partial charge in [0.25, 0.3) is 0 Å². The van der Waals surface area contributed by atoms with Crippen molar-refractivity contribution in [3.63, 3.8) is 0 Å². The summed E-state index contributed by atoms with van der Waals surface area (Å²) in [5.74, 6) is 1.81. The average Bonchev–Trinajstić information content (AvgIpc) is 3.01. The first-order valence-electron chi connectivity index (χ1n) is 5.03. The highest BCUT2D eigenvalue weighted by Gasteiger charge is 2.22. The number of pyridine rings is 1. The molecule has 2 aromatic heterocycles. The molecule has 0 spiro atoms. The van der Waals surface area contributed by atoms with Gasteiger partial charge < -0.3 is 4.52 Å². The van der Waals surface area contributed by atoms with E-state index in [4.69, 9.17) is 4.52 Å². The topological polar surface area (TPSA) is 38.9 Å². The third-order valence-corrected chi connectivity index (χ3v) is 2.41. The molecule has 77 valence electrons. The summed E-state index contributed by atoms with van der Waals surface area (Å²) in [6, 6.07) is 5.74. The highest BCUT2D eigenvalue weighted by atomic mass is 16.5. The lowest BCUT2D eigenvalue weighted by Gasteiger charge is -1.98. The Morgan fingerprint density at radius 1 is 1.12 bits per heavy atom. The molecule has 0 atom stereocenters. The third-order valence-electron chi connectivity index (χ3n) is 2.41. The Morgan fingerprint density at radius 3 is 2.75 bits per heavy atom. The summed E-state index contributed by atoms with van der Waals surface area (Å²) in [5, 5.41) is 4.03. The van der Waals surface area contributed by atoms with Crippen LogP contribution < -0.4 is 0 Å². The van der Waals surface area contributed by atoms with Crippen molar-refractivity contribution in [1.82, 2.24) is 10.1 Å². The summed E-state index contributed by atoms with van der Waals surface area (Å²) < 4.78 is 5.28. The van der Waals surface area contributed by atoms with E-state index >= 15 is 0 Å². The molecule has 1 saturated carbocycles. The number of rotatable bonds is 2. The maximum Gasteiger partial charge on any atom is 0.168 e. The van der Waals surface area contributed by atoms with E-state index in [1.807, 2.05) is 43.9 Å². The molecule has 2 heterocycles. The Kier molecular flexibility index (Phi) is 2.44. The molecule has 0 unspecified atom stereocenters. The Balaban J connectivity index is 1.87. The normalized spacial score (nSPS) is 16.8. The van der Waals surface area contributed by atoms with Crippen LogP contribution in [0.1, 0.15) is 5.69 Å². The molecule has 1 aliphatic carbocycles. The van der Waals surface area contributed by atoms with E-state index in [9.17, 15) is 0 Å². The molecule has 1 fully saturated rings. The van der Waals surface area contributed by atoms with E-state index in [1.54, 1.807) is 12.4 Å². The Hall–Kier alpha value is -1.64. The van der Waals surface area contributed by atoms with Gasteiger partial charge in [0.05, 0.1) is 5.69 Å². The number of hydrogen-bond donors (Lipinski definition) is 0. The van der Waals surface area contributed by atoms with E-state index in [2.05, 4.69) is 10.1 Å². The van der Waals surface area contributed by atoms with Crippen molar-refractivity contribution in [3.05, 3.63) is 67.9 Å². The SMILES string of the molecule is [CH]1[CH][CH][C](c2cc(-c3cccnc3)on2)[CH]1. The Morgan fingerprint density at radius 2 is 2.00 bits per heavy atom. The predicted molar refractivity (Wildman–Crippen MR) is 59.3 cm³/mol. The Bertz CT molecular complexity index is 458. The molecular weight excluding hydrogens is 200 g/mol. The Labute approximate surface area is 94.5 Å². The summed E-state index contributed by atoms with van der Waals surface area (Å²) in [7, 11) is 0. The van der Waals surface area contributed by atoms with Crippen molar-refractivity contribution in [1.29, 1.82) is 0 Å². The van der Waals surface area contributed by atoms with Crippen LogP contribution in [0.4, 0.5) is 0 Å². The molecule has 0 aromatic carbocycles. The van der Waals surface area contributed by atoms with Crippen molar-refractivity contribution in [2.24, 2.45) is 0 Å². The van der Waals surface area contributed by atoms with Gasteiger partial charge in [-0.05, 0) is 37.8 Å². The maximum absolute atomic E-state index is 5.28. The van der Waals surface area contributed by atoms with Gasteiger partial charge in [-0.25, -0.2) is 0 Å². The van der Waals surface area contributed by atoms with E-state index < -0.39 is 0 Å². The van der Waals surface area contributed by atoms with E-state index in [1.165, 1.54) is 0 Å². The molecule has 1 aliphatic rings. The van der Waals surface area contributed by atoms with Gasteiger partial charge in [-0.2, -0.15) is 0 Å². The van der Waals surface area contributed by atoms with Gasteiger partial charge in [0, 0.05) is 29.9 Å². The second-order valence-corrected chi connectivity index (χ2v) is 3.49. The molecule has 0 bridgehead atoms. The van der Waals surface area contributed by atoms with Crippen molar-refractivity contribution >= 4 is 0 Å². The minimum Gasteiger partial charge on any atom is -0.356 e. The van der Waals surface area contributed by atoms with Gasteiger partial charge in [-0.15, -0.1) is 0 Å². The van der Waals surface area contributed by atoms with Crippen LogP contribution in [0.5, 0.6) is 0 Å². The fourth-order valence-electron chi connectivity index (χ4n) is 1.60. The van der Waals surface area contributed by atoms with Crippen molar-refractivity contribution < 1.29 is 4.52 Å². The lowest BCUT2D eigenvalue weighted by molar-refractivity contribution is 0.427. The van der Waals surface area contributed by atoms with Crippen LogP contribution in [0.25, 0.3) is 11.3 Å². The van der Waals surface area contributed by atoms with E-state index in [-0.39, 0.29) is 0 Å². The molecule has 16 heavy (non-hydrogen) atoms. The first-order valence-corrected chi connectivity index (χ1v) is 5.03. The molecule has 3 nitrogen and oxygen atoms in total. The van der Waals surface area contributed by atoms with Crippen LogP contribution in [0, 0.1) is 31.6 Å². The van der Waals surface area contributed by atoms with Gasteiger partial charge in [0.2, 0.25) is 0 Å². The number of aromatic nitrogens is 2. The zero-order valence-corrected chi connectivity index (χ0v) is 8.50. The van der Waals surface area contributed by atoms with Crippen LogP contribution >= 0.6 is 0 Å². The van der Waals surface area contributed by atoms with E-state index in [0.717, 1.165) is 22.9 Å². The van der Waals surface area contributed by atoms with Crippen molar-refractivity contribution in [2.45, 2.75) is 0 Å².